The van der Waals surface area contributed by atoms with Crippen LogP contribution in [-0.4, -0.2) is 82.1 Å². The van der Waals surface area contributed by atoms with E-state index in [2.05, 4.69) is 20.1 Å². The summed E-state index contributed by atoms with van der Waals surface area (Å²) in [4.78, 5) is 49.5. The van der Waals surface area contributed by atoms with Gasteiger partial charge in [0.15, 0.2) is 0 Å². The van der Waals surface area contributed by atoms with Crippen molar-refractivity contribution in [2.75, 3.05) is 25.5 Å². The number of amides is 3. The molecule has 3 saturated heterocycles. The van der Waals surface area contributed by atoms with Crippen LogP contribution in [0.5, 0.6) is 0 Å². The van der Waals surface area contributed by atoms with Gasteiger partial charge in [-0.2, -0.15) is 0 Å². The second-order valence-electron chi connectivity index (χ2n) is 11.6. The third-order valence-corrected chi connectivity index (χ3v) is 9.26. The van der Waals surface area contributed by atoms with E-state index in [1.54, 1.807) is 4.90 Å². The van der Waals surface area contributed by atoms with Gasteiger partial charge in [-0.25, -0.2) is 4.79 Å². The number of anilines is 1. The Morgan fingerprint density at radius 1 is 1.17 bits per heavy atom. The summed E-state index contributed by atoms with van der Waals surface area (Å²) in [5.41, 5.74) is 2.21. The number of carboxylic acid groups (broad SMARTS) is 1. The fourth-order valence-corrected chi connectivity index (χ4v) is 7.28. The molecule has 188 valence electrons. The Balaban J connectivity index is 1.25. The van der Waals surface area contributed by atoms with Gasteiger partial charge in [-0.05, 0) is 74.8 Å². The summed E-state index contributed by atoms with van der Waals surface area (Å²) in [6.45, 7) is 0.649. The maximum absolute atomic E-state index is 14.1. The monoisotopic (exact) mass is 481 g/mol. The third-order valence-electron chi connectivity index (χ3n) is 9.26. The minimum atomic E-state index is -1.17. The van der Waals surface area contributed by atoms with Gasteiger partial charge >= 0.3 is 6.09 Å². The molecule has 2 saturated carbocycles. The summed E-state index contributed by atoms with van der Waals surface area (Å²) < 4.78 is 0. The average molecular weight is 482 g/mol. The van der Waals surface area contributed by atoms with Crippen molar-refractivity contribution in [2.24, 2.45) is 11.8 Å². The lowest BCUT2D eigenvalue weighted by molar-refractivity contribution is -0.148. The first-order valence-electron chi connectivity index (χ1n) is 13.0. The number of likely N-dealkylation sites (tertiary alicyclic amines) is 1. The lowest BCUT2D eigenvalue weighted by Crippen LogP contribution is -2.57. The number of hydrogen-bond donors (Lipinski definition) is 2. The van der Waals surface area contributed by atoms with Crippen molar-refractivity contribution in [2.45, 2.75) is 80.9 Å². The fraction of sp³-hybridized carbons (Fsp3) is 0.692. The molecule has 0 bridgehead atoms. The third kappa shape index (κ3) is 3.83. The van der Waals surface area contributed by atoms with Crippen molar-refractivity contribution in [1.29, 1.82) is 0 Å². The van der Waals surface area contributed by atoms with Crippen molar-refractivity contribution in [3.63, 3.8) is 0 Å². The number of nitrogens with zero attached hydrogens (tertiary/aromatic N) is 4. The molecule has 0 radical (unpaired) electrons. The first kappa shape index (κ1) is 22.6. The van der Waals surface area contributed by atoms with E-state index in [0.29, 0.717) is 31.2 Å². The van der Waals surface area contributed by atoms with Crippen LogP contribution in [0.25, 0.3) is 0 Å². The Hall–Kier alpha value is -2.84. The quantitative estimate of drug-likeness (QED) is 0.684. The second-order valence-corrected chi connectivity index (χ2v) is 11.6. The number of aromatic nitrogens is 1. The normalized spacial score (nSPS) is 34.6. The molecule has 9 heteroatoms. The molecule has 6 atom stereocenters. The highest BCUT2D eigenvalue weighted by molar-refractivity contribution is 5.93. The van der Waals surface area contributed by atoms with Gasteiger partial charge in [0.05, 0.1) is 0 Å². The van der Waals surface area contributed by atoms with E-state index in [9.17, 15) is 19.5 Å². The molecule has 5 fully saturated rings. The van der Waals surface area contributed by atoms with Crippen LogP contribution in [0.1, 0.15) is 62.8 Å². The highest BCUT2D eigenvalue weighted by Gasteiger charge is 2.59. The molecule has 0 unspecified atom stereocenters. The van der Waals surface area contributed by atoms with E-state index >= 15 is 0 Å². The van der Waals surface area contributed by atoms with Gasteiger partial charge in [0.2, 0.25) is 11.8 Å². The Morgan fingerprint density at radius 2 is 1.94 bits per heavy atom. The van der Waals surface area contributed by atoms with Crippen molar-refractivity contribution >= 4 is 23.6 Å². The molecule has 2 N–H and O–H groups in total. The van der Waals surface area contributed by atoms with Crippen molar-refractivity contribution < 1.29 is 19.5 Å². The molecule has 1 spiro atoms. The maximum atomic E-state index is 14.1. The highest BCUT2D eigenvalue weighted by atomic mass is 16.4. The van der Waals surface area contributed by atoms with Crippen LogP contribution in [0.4, 0.5) is 10.5 Å². The Morgan fingerprint density at radius 3 is 2.66 bits per heavy atom. The van der Waals surface area contributed by atoms with Gasteiger partial charge in [-0.15, -0.1) is 0 Å². The van der Waals surface area contributed by atoms with E-state index in [0.717, 1.165) is 44.2 Å². The lowest BCUT2D eigenvalue weighted by atomic mass is 9.95. The van der Waals surface area contributed by atoms with Crippen LogP contribution < -0.4 is 10.2 Å². The first-order valence-corrected chi connectivity index (χ1v) is 13.0. The molecular formula is C26H35N5O4. The van der Waals surface area contributed by atoms with Crippen LogP contribution >= 0.6 is 0 Å². The maximum Gasteiger partial charge on any atom is 0.405 e. The predicted octanol–water partition coefficient (Wildman–Crippen LogP) is 2.42. The predicted molar refractivity (Wildman–Crippen MR) is 129 cm³/mol. The van der Waals surface area contributed by atoms with Gasteiger partial charge in [0.25, 0.3) is 0 Å². The summed E-state index contributed by atoms with van der Waals surface area (Å²) >= 11 is 0. The summed E-state index contributed by atoms with van der Waals surface area (Å²) in [7, 11) is 4.06. The molecule has 1 aromatic heterocycles. The number of pyridine rings is 1. The van der Waals surface area contributed by atoms with Crippen molar-refractivity contribution in [3.8, 4) is 0 Å². The topological polar surface area (TPSA) is 106 Å². The standard InChI is InChI=1S/C26H35N5O4/c1-29(2)21-5-8-27-13-19(21)17-12-26(6-7-26)30(14-17)24(33)22-4-3-18-10-15-9-16(15)11-20(28-25(34)35)23(32)31(18)22/h5,8,13,15-18,20,22,28H,3-4,6-7,9-12,14H2,1-2H3,(H,34,35)/t15-,16+,17-,18-,20+,22+/m1/s1. The van der Waals surface area contributed by atoms with Crippen LogP contribution in [0.2, 0.25) is 0 Å². The smallest absolute Gasteiger partial charge is 0.405 e. The lowest BCUT2D eigenvalue weighted by Gasteiger charge is -2.37. The van der Waals surface area contributed by atoms with E-state index < -0.39 is 18.2 Å². The molecule has 3 aliphatic heterocycles. The summed E-state index contributed by atoms with van der Waals surface area (Å²) in [6, 6.07) is 0.829. The second kappa shape index (κ2) is 8.10. The molecule has 5 aliphatic rings. The van der Waals surface area contributed by atoms with Gasteiger partial charge in [0, 0.05) is 56.2 Å². The van der Waals surface area contributed by atoms with Gasteiger partial charge in [-0.1, -0.05) is 0 Å². The van der Waals surface area contributed by atoms with Crippen LogP contribution in [0.3, 0.4) is 0 Å². The SMILES string of the molecule is CN(C)c1ccncc1[C@H]1CN(C(=O)[C@@H]2CC[C@@H]3C[C@H]4C[C@H]4C[C@H](NC(=O)O)C(=O)N32)C2(CC2)C1. The zero-order chi connectivity index (χ0) is 24.5. The van der Waals surface area contributed by atoms with Gasteiger partial charge in [0.1, 0.15) is 12.1 Å². The van der Waals surface area contributed by atoms with Crippen LogP contribution in [0.15, 0.2) is 18.5 Å². The Bertz CT molecular complexity index is 1060. The van der Waals surface area contributed by atoms with Crippen molar-refractivity contribution in [1.82, 2.24) is 20.1 Å². The summed E-state index contributed by atoms with van der Waals surface area (Å²) in [5, 5.41) is 11.8. The number of hydrogen-bond acceptors (Lipinski definition) is 5. The van der Waals surface area contributed by atoms with Crippen LogP contribution in [0, 0.1) is 11.8 Å². The summed E-state index contributed by atoms with van der Waals surface area (Å²) in [6.07, 6.45) is 9.54. The number of carbonyl (C=O) groups excluding carboxylic acids is 2. The van der Waals surface area contributed by atoms with Crippen molar-refractivity contribution in [3.05, 3.63) is 24.0 Å². The van der Waals surface area contributed by atoms with E-state index in [4.69, 9.17) is 0 Å². The molecular weight excluding hydrogens is 446 g/mol. The zero-order valence-electron chi connectivity index (χ0n) is 20.5. The van der Waals surface area contributed by atoms with E-state index in [1.807, 2.05) is 32.6 Å². The fourth-order valence-electron chi connectivity index (χ4n) is 7.28. The largest absolute Gasteiger partial charge is 0.465 e. The zero-order valence-corrected chi connectivity index (χ0v) is 20.5. The molecule has 35 heavy (non-hydrogen) atoms. The molecule has 1 aromatic rings. The Kier molecular flexibility index (Phi) is 5.23. The number of rotatable bonds is 4. The molecule has 6 rings (SSSR count). The minimum Gasteiger partial charge on any atom is -0.465 e. The Labute approximate surface area is 205 Å². The molecule has 3 amide bonds. The number of carbonyl (C=O) groups is 3. The van der Waals surface area contributed by atoms with Crippen LogP contribution in [-0.2, 0) is 9.59 Å². The molecule has 2 aliphatic carbocycles. The molecule has 4 heterocycles. The summed E-state index contributed by atoms with van der Waals surface area (Å²) in [5.74, 6) is 1.04. The van der Waals surface area contributed by atoms with Gasteiger partial charge in [-0.3, -0.25) is 14.6 Å². The number of fused-ring (bicyclic) bond motifs is 2. The average Bonchev–Trinajstić information content (AvgIpc) is 3.65. The van der Waals surface area contributed by atoms with E-state index in [1.165, 1.54) is 5.56 Å². The minimum absolute atomic E-state index is 0.0389. The molecule has 9 nitrogen and oxygen atoms in total. The molecule has 0 aromatic carbocycles. The van der Waals surface area contributed by atoms with E-state index in [-0.39, 0.29) is 29.3 Å². The van der Waals surface area contributed by atoms with Gasteiger partial charge < -0.3 is 25.1 Å². The highest BCUT2D eigenvalue weighted by Crippen LogP contribution is 2.56. The number of nitrogens with one attached hydrogen (secondary N) is 1. The first-order chi connectivity index (χ1) is 16.8.